The Kier molecular flexibility index (Phi) is 5.30. The number of carbonyl (C=O) groups is 2. The third-order valence-corrected chi connectivity index (χ3v) is 2.19. The van der Waals surface area contributed by atoms with Crippen molar-refractivity contribution in [3.63, 3.8) is 0 Å². The lowest BCUT2D eigenvalue weighted by Gasteiger charge is -2.08. The van der Waals surface area contributed by atoms with Crippen LogP contribution in [0.1, 0.15) is 36.3 Å². The first-order valence-electron chi connectivity index (χ1n) is 5.87. The fraction of sp³-hybridized carbons (Fsp3) is 0.462. The third kappa shape index (κ3) is 3.84. The third-order valence-electron chi connectivity index (χ3n) is 2.19. The van der Waals surface area contributed by atoms with Gasteiger partial charge in [0.05, 0.1) is 18.8 Å². The number of Topliss-reactive ketones (excluding diaryl/α,β-unsaturated/α-hetero) is 1. The van der Waals surface area contributed by atoms with Crippen molar-refractivity contribution in [2.24, 2.45) is 0 Å². The number of esters is 1. The van der Waals surface area contributed by atoms with Gasteiger partial charge in [0, 0.05) is 5.69 Å². The van der Waals surface area contributed by atoms with Crippen molar-refractivity contribution in [1.82, 2.24) is 4.98 Å². The second kappa shape index (κ2) is 6.74. The van der Waals surface area contributed by atoms with Gasteiger partial charge in [0.15, 0.2) is 5.78 Å². The maximum atomic E-state index is 11.9. The molecule has 0 unspecified atom stereocenters. The molecule has 5 nitrogen and oxygen atoms in total. The van der Waals surface area contributed by atoms with Crippen molar-refractivity contribution in [2.75, 3.05) is 13.2 Å². The van der Waals surface area contributed by atoms with Gasteiger partial charge in [-0.25, -0.2) is 4.98 Å². The van der Waals surface area contributed by atoms with Crippen LogP contribution in [-0.4, -0.2) is 30.0 Å². The van der Waals surface area contributed by atoms with E-state index in [1.54, 1.807) is 19.1 Å². The molecule has 0 aliphatic carbocycles. The SMILES string of the molecule is CCOC(=O)CC(=O)c1ccc(C)nc1OCC. The molecule has 98 valence electrons. The fourth-order valence-corrected chi connectivity index (χ4v) is 1.43. The van der Waals surface area contributed by atoms with E-state index in [4.69, 9.17) is 9.47 Å². The van der Waals surface area contributed by atoms with Crippen molar-refractivity contribution in [3.8, 4) is 5.88 Å². The number of hydrogen-bond donors (Lipinski definition) is 0. The monoisotopic (exact) mass is 251 g/mol. The average molecular weight is 251 g/mol. The van der Waals surface area contributed by atoms with Crippen LogP contribution in [0.2, 0.25) is 0 Å². The Morgan fingerprint density at radius 3 is 2.56 bits per heavy atom. The predicted octanol–water partition coefficient (Wildman–Crippen LogP) is 1.92. The second-order valence-electron chi connectivity index (χ2n) is 3.64. The van der Waals surface area contributed by atoms with Crippen LogP contribution < -0.4 is 4.74 Å². The van der Waals surface area contributed by atoms with Gasteiger partial charge in [-0.15, -0.1) is 0 Å². The zero-order valence-electron chi connectivity index (χ0n) is 10.9. The van der Waals surface area contributed by atoms with Crippen LogP contribution in [0.25, 0.3) is 0 Å². The molecule has 0 atom stereocenters. The van der Waals surface area contributed by atoms with Crippen LogP contribution in [-0.2, 0) is 9.53 Å². The van der Waals surface area contributed by atoms with Gasteiger partial charge in [-0.05, 0) is 32.9 Å². The molecule has 18 heavy (non-hydrogen) atoms. The molecule has 0 amide bonds. The molecule has 0 aliphatic rings. The molecule has 0 saturated heterocycles. The standard InChI is InChI=1S/C13H17NO4/c1-4-17-12(16)8-11(15)10-7-6-9(3)14-13(10)18-5-2/h6-7H,4-5,8H2,1-3H3. The summed E-state index contributed by atoms with van der Waals surface area (Å²) >= 11 is 0. The van der Waals surface area contributed by atoms with E-state index in [0.29, 0.717) is 12.2 Å². The number of hydrogen-bond acceptors (Lipinski definition) is 5. The van der Waals surface area contributed by atoms with Gasteiger partial charge < -0.3 is 9.47 Å². The molecule has 1 aromatic heterocycles. The van der Waals surface area contributed by atoms with Crippen molar-refractivity contribution in [3.05, 3.63) is 23.4 Å². The van der Waals surface area contributed by atoms with Crippen LogP contribution >= 0.6 is 0 Å². The number of aromatic nitrogens is 1. The molecule has 0 saturated carbocycles. The lowest BCUT2D eigenvalue weighted by atomic mass is 10.1. The normalized spacial score (nSPS) is 9.94. The Hall–Kier alpha value is -1.91. The Morgan fingerprint density at radius 2 is 1.94 bits per heavy atom. The summed E-state index contributed by atoms with van der Waals surface area (Å²) in [6, 6.07) is 3.33. The number of ketones is 1. The number of nitrogens with zero attached hydrogens (tertiary/aromatic N) is 1. The van der Waals surface area contributed by atoms with Gasteiger partial charge >= 0.3 is 5.97 Å². The highest BCUT2D eigenvalue weighted by atomic mass is 16.5. The van der Waals surface area contributed by atoms with Crippen LogP contribution in [0.15, 0.2) is 12.1 Å². The molecule has 1 rings (SSSR count). The summed E-state index contributed by atoms with van der Waals surface area (Å²) in [4.78, 5) is 27.3. The Morgan fingerprint density at radius 1 is 1.22 bits per heavy atom. The zero-order valence-corrected chi connectivity index (χ0v) is 10.9. The highest BCUT2D eigenvalue weighted by molar-refractivity contribution is 6.07. The minimum atomic E-state index is -0.537. The lowest BCUT2D eigenvalue weighted by molar-refractivity contribution is -0.141. The van der Waals surface area contributed by atoms with Gasteiger partial charge in [-0.1, -0.05) is 0 Å². The first kappa shape index (κ1) is 14.2. The molecule has 1 aromatic rings. The zero-order chi connectivity index (χ0) is 13.5. The maximum Gasteiger partial charge on any atom is 0.313 e. The number of pyridine rings is 1. The fourth-order valence-electron chi connectivity index (χ4n) is 1.43. The van der Waals surface area contributed by atoms with E-state index in [9.17, 15) is 9.59 Å². The van der Waals surface area contributed by atoms with E-state index in [-0.39, 0.29) is 24.7 Å². The minimum absolute atomic E-state index is 0.260. The van der Waals surface area contributed by atoms with E-state index in [2.05, 4.69) is 4.98 Å². The quantitative estimate of drug-likeness (QED) is 0.439. The van der Waals surface area contributed by atoms with Gasteiger partial charge in [0.25, 0.3) is 0 Å². The summed E-state index contributed by atoms with van der Waals surface area (Å²) in [6.45, 7) is 5.99. The van der Waals surface area contributed by atoms with E-state index < -0.39 is 5.97 Å². The molecule has 0 aliphatic heterocycles. The Labute approximate surface area is 106 Å². The summed E-state index contributed by atoms with van der Waals surface area (Å²) in [7, 11) is 0. The molecule has 0 N–H and O–H groups in total. The molecule has 0 spiro atoms. The Bertz CT molecular complexity index is 443. The van der Waals surface area contributed by atoms with Crippen molar-refractivity contribution < 1.29 is 19.1 Å². The van der Waals surface area contributed by atoms with E-state index in [0.717, 1.165) is 5.69 Å². The lowest BCUT2D eigenvalue weighted by Crippen LogP contribution is -2.13. The molecule has 0 fully saturated rings. The topological polar surface area (TPSA) is 65.5 Å². The van der Waals surface area contributed by atoms with Crippen LogP contribution in [0.3, 0.4) is 0 Å². The molecule has 1 heterocycles. The molecular formula is C13H17NO4. The smallest absolute Gasteiger partial charge is 0.313 e. The average Bonchev–Trinajstić information content (AvgIpc) is 2.29. The molecule has 5 heteroatoms. The van der Waals surface area contributed by atoms with E-state index in [1.165, 1.54) is 0 Å². The van der Waals surface area contributed by atoms with Gasteiger partial charge in [-0.3, -0.25) is 9.59 Å². The van der Waals surface area contributed by atoms with Gasteiger partial charge in [0.2, 0.25) is 5.88 Å². The largest absolute Gasteiger partial charge is 0.477 e. The van der Waals surface area contributed by atoms with E-state index in [1.807, 2.05) is 13.8 Å². The van der Waals surface area contributed by atoms with Crippen molar-refractivity contribution in [2.45, 2.75) is 27.2 Å². The van der Waals surface area contributed by atoms with Crippen LogP contribution in [0.4, 0.5) is 0 Å². The molecule has 0 bridgehead atoms. The molecule has 0 aromatic carbocycles. The number of ether oxygens (including phenoxy) is 2. The van der Waals surface area contributed by atoms with E-state index >= 15 is 0 Å². The first-order chi connectivity index (χ1) is 8.58. The maximum absolute atomic E-state index is 11.9. The number of aryl methyl sites for hydroxylation is 1. The summed E-state index contributed by atoms with van der Waals surface area (Å²) < 4.78 is 10.0. The van der Waals surface area contributed by atoms with Crippen LogP contribution in [0, 0.1) is 6.92 Å². The highest BCUT2D eigenvalue weighted by Crippen LogP contribution is 2.18. The van der Waals surface area contributed by atoms with Crippen molar-refractivity contribution in [1.29, 1.82) is 0 Å². The van der Waals surface area contributed by atoms with Crippen LogP contribution in [0.5, 0.6) is 5.88 Å². The number of carbonyl (C=O) groups excluding carboxylic acids is 2. The summed E-state index contributed by atoms with van der Waals surface area (Å²) in [5.41, 5.74) is 1.07. The summed E-state index contributed by atoms with van der Waals surface area (Å²) in [5, 5.41) is 0. The second-order valence-corrected chi connectivity index (χ2v) is 3.64. The molecule has 0 radical (unpaired) electrons. The summed E-state index contributed by atoms with van der Waals surface area (Å²) in [6.07, 6.45) is -0.293. The highest BCUT2D eigenvalue weighted by Gasteiger charge is 2.18. The minimum Gasteiger partial charge on any atom is -0.477 e. The van der Waals surface area contributed by atoms with Gasteiger partial charge in [0.1, 0.15) is 6.42 Å². The Balaban J connectivity index is 2.87. The van der Waals surface area contributed by atoms with Crippen molar-refractivity contribution >= 4 is 11.8 Å². The van der Waals surface area contributed by atoms with Gasteiger partial charge in [-0.2, -0.15) is 0 Å². The predicted molar refractivity (Wildman–Crippen MR) is 65.7 cm³/mol. The number of rotatable bonds is 6. The molecular weight excluding hydrogens is 234 g/mol. The summed E-state index contributed by atoms with van der Waals surface area (Å²) in [5.74, 6) is -0.610. The first-order valence-corrected chi connectivity index (χ1v) is 5.87.